The molecule has 0 bridgehead atoms. The van der Waals surface area contributed by atoms with Crippen LogP contribution in [-0.4, -0.2) is 5.91 Å². The Morgan fingerprint density at radius 1 is 1.54 bits per heavy atom. The molecule has 13 heavy (non-hydrogen) atoms. The standard InChI is InChI=1S/C9H9N3O/c10-5-7-6(4-9(12)13)2-1-3-8(7)11/h1-3H,4,11H2,(H2,12,13). The van der Waals surface area contributed by atoms with Gasteiger partial charge in [0.1, 0.15) is 6.07 Å². The molecule has 0 saturated carbocycles. The van der Waals surface area contributed by atoms with Gasteiger partial charge in [-0.15, -0.1) is 0 Å². The van der Waals surface area contributed by atoms with Crippen molar-refractivity contribution in [2.45, 2.75) is 6.42 Å². The minimum atomic E-state index is -0.470. The summed E-state index contributed by atoms with van der Waals surface area (Å²) in [7, 11) is 0. The smallest absolute Gasteiger partial charge is 0.221 e. The first-order chi connectivity index (χ1) is 6.15. The second-order valence-electron chi connectivity index (χ2n) is 2.64. The van der Waals surface area contributed by atoms with Crippen molar-refractivity contribution in [3.8, 4) is 6.07 Å². The highest BCUT2D eigenvalue weighted by Crippen LogP contribution is 2.15. The van der Waals surface area contributed by atoms with Gasteiger partial charge in [-0.2, -0.15) is 5.26 Å². The van der Waals surface area contributed by atoms with Gasteiger partial charge in [0.15, 0.2) is 0 Å². The zero-order valence-electron chi connectivity index (χ0n) is 6.95. The Morgan fingerprint density at radius 3 is 2.77 bits per heavy atom. The summed E-state index contributed by atoms with van der Waals surface area (Å²) in [5.41, 5.74) is 11.8. The third-order valence-corrected chi connectivity index (χ3v) is 1.66. The van der Waals surface area contributed by atoms with E-state index in [0.29, 0.717) is 16.8 Å². The highest BCUT2D eigenvalue weighted by atomic mass is 16.1. The van der Waals surface area contributed by atoms with Gasteiger partial charge in [-0.1, -0.05) is 12.1 Å². The molecular formula is C9H9N3O. The predicted molar refractivity (Wildman–Crippen MR) is 48.5 cm³/mol. The first-order valence-electron chi connectivity index (χ1n) is 3.71. The van der Waals surface area contributed by atoms with Crippen LogP contribution in [0.25, 0.3) is 0 Å². The Labute approximate surface area is 75.8 Å². The number of anilines is 1. The molecule has 0 unspecified atom stereocenters. The van der Waals surface area contributed by atoms with Crippen molar-refractivity contribution >= 4 is 11.6 Å². The summed E-state index contributed by atoms with van der Waals surface area (Å²) in [6.07, 6.45) is 0.0495. The van der Waals surface area contributed by atoms with Crippen LogP contribution in [0.5, 0.6) is 0 Å². The van der Waals surface area contributed by atoms with Gasteiger partial charge in [-0.3, -0.25) is 4.79 Å². The Hall–Kier alpha value is -2.02. The average Bonchev–Trinajstić information content (AvgIpc) is 2.03. The molecule has 1 amide bonds. The van der Waals surface area contributed by atoms with Gasteiger partial charge in [-0.05, 0) is 11.6 Å². The molecule has 0 saturated heterocycles. The maximum Gasteiger partial charge on any atom is 0.221 e. The van der Waals surface area contributed by atoms with E-state index >= 15 is 0 Å². The Morgan fingerprint density at radius 2 is 2.23 bits per heavy atom. The molecule has 0 atom stereocenters. The molecule has 4 N–H and O–H groups in total. The molecule has 0 fully saturated rings. The van der Waals surface area contributed by atoms with Crippen molar-refractivity contribution in [1.29, 1.82) is 5.26 Å². The molecule has 1 rings (SSSR count). The zero-order valence-corrected chi connectivity index (χ0v) is 6.95. The fourth-order valence-corrected chi connectivity index (χ4v) is 1.09. The number of nitrogens with zero attached hydrogens (tertiary/aromatic N) is 1. The third-order valence-electron chi connectivity index (χ3n) is 1.66. The zero-order chi connectivity index (χ0) is 9.84. The number of nitriles is 1. The second kappa shape index (κ2) is 3.59. The van der Waals surface area contributed by atoms with Crippen LogP contribution in [0.3, 0.4) is 0 Å². The topological polar surface area (TPSA) is 92.9 Å². The number of carbonyl (C=O) groups is 1. The lowest BCUT2D eigenvalue weighted by atomic mass is 10.0. The normalized spacial score (nSPS) is 9.15. The van der Waals surface area contributed by atoms with Crippen molar-refractivity contribution in [2.24, 2.45) is 5.73 Å². The predicted octanol–water partition coefficient (Wildman–Crippen LogP) is 0.168. The van der Waals surface area contributed by atoms with Crippen LogP contribution in [0.2, 0.25) is 0 Å². The summed E-state index contributed by atoms with van der Waals surface area (Å²) in [6.45, 7) is 0. The number of rotatable bonds is 2. The van der Waals surface area contributed by atoms with Crippen LogP contribution >= 0.6 is 0 Å². The van der Waals surface area contributed by atoms with Gasteiger partial charge >= 0.3 is 0 Å². The van der Waals surface area contributed by atoms with E-state index in [1.54, 1.807) is 18.2 Å². The van der Waals surface area contributed by atoms with E-state index in [4.69, 9.17) is 16.7 Å². The molecule has 0 aliphatic rings. The van der Waals surface area contributed by atoms with Gasteiger partial charge < -0.3 is 11.5 Å². The number of amides is 1. The Kier molecular flexibility index (Phi) is 2.50. The SMILES string of the molecule is N#Cc1c(N)cccc1CC(N)=O. The van der Waals surface area contributed by atoms with Gasteiger partial charge in [0.2, 0.25) is 5.91 Å². The number of nitrogens with two attached hydrogens (primary N) is 2. The van der Waals surface area contributed by atoms with Crippen LogP contribution in [-0.2, 0) is 11.2 Å². The van der Waals surface area contributed by atoms with E-state index in [-0.39, 0.29) is 6.42 Å². The lowest BCUT2D eigenvalue weighted by Crippen LogP contribution is -2.14. The number of hydrogen-bond acceptors (Lipinski definition) is 3. The number of nitrogen functional groups attached to an aromatic ring is 1. The van der Waals surface area contributed by atoms with Crippen molar-refractivity contribution < 1.29 is 4.79 Å². The summed E-state index contributed by atoms with van der Waals surface area (Å²) in [6, 6.07) is 6.91. The third kappa shape index (κ3) is 1.97. The number of benzene rings is 1. The number of carbonyl (C=O) groups excluding carboxylic acids is 1. The maximum atomic E-state index is 10.6. The van der Waals surface area contributed by atoms with E-state index in [2.05, 4.69) is 0 Å². The minimum absolute atomic E-state index is 0.0495. The number of primary amides is 1. The first kappa shape index (κ1) is 9.07. The van der Waals surface area contributed by atoms with Crippen molar-refractivity contribution in [2.75, 3.05) is 5.73 Å². The molecule has 1 aromatic carbocycles. The second-order valence-corrected chi connectivity index (χ2v) is 2.64. The summed E-state index contributed by atoms with van der Waals surface area (Å²) in [4.78, 5) is 10.6. The van der Waals surface area contributed by atoms with Gasteiger partial charge in [0, 0.05) is 5.69 Å². The molecule has 1 aromatic rings. The summed E-state index contributed by atoms with van der Waals surface area (Å²) < 4.78 is 0. The molecule has 0 spiro atoms. The molecule has 4 heteroatoms. The van der Waals surface area contributed by atoms with E-state index in [1.165, 1.54) is 0 Å². The van der Waals surface area contributed by atoms with Gasteiger partial charge in [0.25, 0.3) is 0 Å². The molecule has 0 aliphatic carbocycles. The van der Waals surface area contributed by atoms with Crippen molar-refractivity contribution in [1.82, 2.24) is 0 Å². The van der Waals surface area contributed by atoms with E-state index in [9.17, 15) is 4.79 Å². The van der Waals surface area contributed by atoms with Crippen LogP contribution in [0, 0.1) is 11.3 Å². The lowest BCUT2D eigenvalue weighted by molar-refractivity contribution is -0.117. The van der Waals surface area contributed by atoms with Crippen LogP contribution in [0.15, 0.2) is 18.2 Å². The quantitative estimate of drug-likeness (QED) is 0.627. The molecule has 0 aromatic heterocycles. The maximum absolute atomic E-state index is 10.6. The minimum Gasteiger partial charge on any atom is -0.398 e. The fraction of sp³-hybridized carbons (Fsp3) is 0.111. The highest BCUT2D eigenvalue weighted by Gasteiger charge is 2.07. The average molecular weight is 175 g/mol. The Bertz CT molecular complexity index is 379. The molecule has 4 nitrogen and oxygen atoms in total. The Balaban J connectivity index is 3.14. The van der Waals surface area contributed by atoms with Crippen molar-refractivity contribution in [3.05, 3.63) is 29.3 Å². The van der Waals surface area contributed by atoms with E-state index in [1.807, 2.05) is 6.07 Å². The molecular weight excluding hydrogens is 166 g/mol. The van der Waals surface area contributed by atoms with E-state index < -0.39 is 5.91 Å². The molecule has 0 heterocycles. The summed E-state index contributed by atoms with van der Waals surface area (Å²) >= 11 is 0. The van der Waals surface area contributed by atoms with Crippen LogP contribution < -0.4 is 11.5 Å². The molecule has 0 radical (unpaired) electrons. The van der Waals surface area contributed by atoms with E-state index in [0.717, 1.165) is 0 Å². The van der Waals surface area contributed by atoms with Crippen LogP contribution in [0.4, 0.5) is 5.69 Å². The lowest BCUT2D eigenvalue weighted by Gasteiger charge is -2.02. The highest BCUT2D eigenvalue weighted by molar-refractivity contribution is 5.78. The monoisotopic (exact) mass is 175 g/mol. The fourth-order valence-electron chi connectivity index (χ4n) is 1.09. The summed E-state index contributed by atoms with van der Waals surface area (Å²) in [5.74, 6) is -0.470. The molecule has 66 valence electrons. The summed E-state index contributed by atoms with van der Waals surface area (Å²) in [5, 5.41) is 8.73. The first-order valence-corrected chi connectivity index (χ1v) is 3.71. The number of hydrogen-bond donors (Lipinski definition) is 2. The van der Waals surface area contributed by atoms with Crippen molar-refractivity contribution in [3.63, 3.8) is 0 Å². The largest absolute Gasteiger partial charge is 0.398 e. The van der Waals surface area contributed by atoms with Gasteiger partial charge in [-0.25, -0.2) is 0 Å². The van der Waals surface area contributed by atoms with Gasteiger partial charge in [0.05, 0.1) is 12.0 Å². The van der Waals surface area contributed by atoms with Crippen LogP contribution in [0.1, 0.15) is 11.1 Å². The molecule has 0 aliphatic heterocycles.